The van der Waals surface area contributed by atoms with Crippen LogP contribution in [0, 0.1) is 0 Å². The first-order chi connectivity index (χ1) is 15.5. The molecule has 1 aliphatic heterocycles. The highest BCUT2D eigenvalue weighted by Crippen LogP contribution is 2.43. The molecule has 0 radical (unpaired) electrons. The van der Waals surface area contributed by atoms with E-state index in [1.54, 1.807) is 0 Å². The largest absolute Gasteiger partial charge is 0.343 e. The van der Waals surface area contributed by atoms with Crippen LogP contribution in [0.2, 0.25) is 5.02 Å². The quantitative estimate of drug-likeness (QED) is 0.319. The molecule has 0 fully saturated rings. The Morgan fingerprint density at radius 1 is 1.12 bits per heavy atom. The predicted octanol–water partition coefficient (Wildman–Crippen LogP) is 6.04. The topological polar surface area (TPSA) is 74.8 Å². The zero-order valence-electron chi connectivity index (χ0n) is 17.0. The standard InChI is InChI=1S/C24H19BrClN3O2S/c25-15-9-7-14(8-10-15)19-20-17(5-2-6-18(20)30)27-22-21(19)23(31)29-24(28-22)32-12-13-3-1-4-16(26)11-13/h1,3-4,7-11,19H,2,5-6,12H2,(H2,27,28,29,31). The van der Waals surface area contributed by atoms with E-state index in [9.17, 15) is 9.59 Å². The van der Waals surface area contributed by atoms with Gasteiger partial charge in [0.15, 0.2) is 10.9 Å². The van der Waals surface area contributed by atoms with Gasteiger partial charge in [0.1, 0.15) is 5.82 Å². The van der Waals surface area contributed by atoms with E-state index in [4.69, 9.17) is 16.6 Å². The van der Waals surface area contributed by atoms with Crippen LogP contribution in [0.15, 0.2) is 74.2 Å². The second-order valence-corrected chi connectivity index (χ2v) is 10.1. The Morgan fingerprint density at radius 3 is 2.72 bits per heavy atom. The van der Waals surface area contributed by atoms with Gasteiger partial charge in [-0.15, -0.1) is 0 Å². The maximum Gasteiger partial charge on any atom is 0.257 e. The van der Waals surface area contributed by atoms with E-state index in [-0.39, 0.29) is 11.3 Å². The average molecular weight is 529 g/mol. The van der Waals surface area contributed by atoms with Crippen LogP contribution in [0.25, 0.3) is 0 Å². The predicted molar refractivity (Wildman–Crippen MR) is 131 cm³/mol. The minimum atomic E-state index is -0.426. The number of thioether (sulfide) groups is 1. The lowest BCUT2D eigenvalue weighted by atomic mass is 9.76. The molecule has 5 rings (SSSR count). The molecule has 1 atom stereocenters. The number of Topliss-reactive ketones (excluding diaryl/α,β-unsaturated/α-hetero) is 1. The first-order valence-electron chi connectivity index (χ1n) is 10.3. The number of aromatic nitrogens is 2. The summed E-state index contributed by atoms with van der Waals surface area (Å²) in [4.78, 5) is 33.8. The number of hydrogen-bond acceptors (Lipinski definition) is 5. The summed E-state index contributed by atoms with van der Waals surface area (Å²) in [6.07, 6.45) is 2.07. The average Bonchev–Trinajstić information content (AvgIpc) is 2.77. The van der Waals surface area contributed by atoms with Crippen molar-refractivity contribution < 1.29 is 4.79 Å². The lowest BCUT2D eigenvalue weighted by Crippen LogP contribution is -2.32. The van der Waals surface area contributed by atoms with Crippen LogP contribution in [0.5, 0.6) is 0 Å². The first-order valence-corrected chi connectivity index (χ1v) is 12.5. The van der Waals surface area contributed by atoms with Crippen molar-refractivity contribution in [1.29, 1.82) is 0 Å². The maximum absolute atomic E-state index is 13.3. The first kappa shape index (κ1) is 21.5. The molecule has 2 aromatic carbocycles. The zero-order valence-corrected chi connectivity index (χ0v) is 20.1. The normalized spacial score (nSPS) is 17.6. The molecule has 1 aliphatic carbocycles. The number of fused-ring (bicyclic) bond motifs is 1. The highest BCUT2D eigenvalue weighted by Gasteiger charge is 2.37. The summed E-state index contributed by atoms with van der Waals surface area (Å²) in [6.45, 7) is 0. The molecule has 0 saturated carbocycles. The fourth-order valence-corrected chi connectivity index (χ4v) is 5.56. The number of hydrogen-bond donors (Lipinski definition) is 2. The number of benzene rings is 2. The van der Waals surface area contributed by atoms with Crippen molar-refractivity contribution in [2.45, 2.75) is 36.1 Å². The van der Waals surface area contributed by atoms with Crippen molar-refractivity contribution in [3.63, 3.8) is 0 Å². The summed E-state index contributed by atoms with van der Waals surface area (Å²) in [7, 11) is 0. The number of nitrogens with zero attached hydrogens (tertiary/aromatic N) is 1. The molecule has 2 heterocycles. The van der Waals surface area contributed by atoms with E-state index in [1.807, 2.05) is 48.5 Å². The summed E-state index contributed by atoms with van der Waals surface area (Å²) >= 11 is 11.0. The minimum absolute atomic E-state index is 0.0936. The van der Waals surface area contributed by atoms with Crippen molar-refractivity contribution >= 4 is 50.9 Å². The van der Waals surface area contributed by atoms with E-state index >= 15 is 0 Å². The molecule has 3 aromatic rings. The van der Waals surface area contributed by atoms with E-state index in [0.29, 0.717) is 39.3 Å². The van der Waals surface area contributed by atoms with Gasteiger partial charge in [-0.2, -0.15) is 0 Å². The van der Waals surface area contributed by atoms with E-state index in [1.165, 1.54) is 11.8 Å². The number of aromatic amines is 1. The van der Waals surface area contributed by atoms with Crippen molar-refractivity contribution in [3.8, 4) is 0 Å². The smallest absolute Gasteiger partial charge is 0.257 e. The molecule has 0 spiro atoms. The lowest BCUT2D eigenvalue weighted by molar-refractivity contribution is -0.116. The summed E-state index contributed by atoms with van der Waals surface area (Å²) in [5.41, 5.74) is 3.79. The van der Waals surface area contributed by atoms with Crippen molar-refractivity contribution in [1.82, 2.24) is 9.97 Å². The Hall–Kier alpha value is -2.35. The molecule has 0 saturated heterocycles. The van der Waals surface area contributed by atoms with Gasteiger partial charge < -0.3 is 10.3 Å². The van der Waals surface area contributed by atoms with Crippen LogP contribution in [-0.4, -0.2) is 15.8 Å². The van der Waals surface area contributed by atoms with Gasteiger partial charge in [0.05, 0.1) is 5.56 Å². The summed E-state index contributed by atoms with van der Waals surface area (Å²) in [5.74, 6) is 0.829. The molecule has 5 nitrogen and oxygen atoms in total. The van der Waals surface area contributed by atoms with Crippen LogP contribution in [0.3, 0.4) is 0 Å². The Bertz CT molecular complexity index is 1300. The SMILES string of the molecule is O=C1CCCC2=C1C(c1ccc(Br)cc1)c1c(nc(SCc3cccc(Cl)c3)[nH]c1=O)N2. The minimum Gasteiger partial charge on any atom is -0.343 e. The number of rotatable bonds is 4. The molecule has 2 N–H and O–H groups in total. The number of allylic oxidation sites excluding steroid dienone is 2. The monoisotopic (exact) mass is 527 g/mol. The maximum atomic E-state index is 13.3. The van der Waals surface area contributed by atoms with Crippen molar-refractivity contribution in [2.75, 3.05) is 5.32 Å². The second-order valence-electron chi connectivity index (χ2n) is 7.83. The molecule has 32 heavy (non-hydrogen) atoms. The number of carbonyl (C=O) groups is 1. The molecular weight excluding hydrogens is 510 g/mol. The summed E-state index contributed by atoms with van der Waals surface area (Å²) in [6, 6.07) is 15.4. The van der Waals surface area contributed by atoms with Crippen LogP contribution in [0.1, 0.15) is 41.9 Å². The van der Waals surface area contributed by atoms with E-state index in [0.717, 1.165) is 34.1 Å². The summed E-state index contributed by atoms with van der Waals surface area (Å²) in [5, 5.41) is 4.52. The van der Waals surface area contributed by atoms with Crippen molar-refractivity contribution in [3.05, 3.63) is 96.3 Å². The van der Waals surface area contributed by atoms with Crippen LogP contribution in [0.4, 0.5) is 5.82 Å². The molecule has 2 aliphatic rings. The number of nitrogens with one attached hydrogen (secondary N) is 2. The van der Waals surface area contributed by atoms with Crippen LogP contribution >= 0.6 is 39.3 Å². The Balaban J connectivity index is 1.55. The number of H-pyrrole nitrogens is 1. The number of halogens is 2. The van der Waals surface area contributed by atoms with Gasteiger partial charge in [-0.25, -0.2) is 4.98 Å². The Kier molecular flexibility index (Phi) is 5.97. The second kappa shape index (κ2) is 8.89. The Morgan fingerprint density at radius 2 is 1.94 bits per heavy atom. The van der Waals surface area contributed by atoms with Gasteiger partial charge in [-0.3, -0.25) is 9.59 Å². The third kappa shape index (κ3) is 4.17. The number of carbonyl (C=O) groups excluding carboxylic acids is 1. The lowest BCUT2D eigenvalue weighted by Gasteiger charge is -2.32. The molecule has 1 unspecified atom stereocenters. The van der Waals surface area contributed by atoms with Gasteiger partial charge in [0.2, 0.25) is 0 Å². The van der Waals surface area contributed by atoms with Gasteiger partial charge in [-0.1, -0.05) is 63.6 Å². The number of anilines is 1. The van der Waals surface area contributed by atoms with E-state index in [2.05, 4.69) is 26.2 Å². The molecule has 0 bridgehead atoms. The zero-order chi connectivity index (χ0) is 22.2. The molecule has 1 aromatic heterocycles. The van der Waals surface area contributed by atoms with Gasteiger partial charge >= 0.3 is 0 Å². The van der Waals surface area contributed by atoms with Crippen LogP contribution < -0.4 is 10.9 Å². The molecule has 162 valence electrons. The third-order valence-electron chi connectivity index (χ3n) is 5.70. The molecule has 8 heteroatoms. The van der Waals surface area contributed by atoms with Crippen LogP contribution in [-0.2, 0) is 10.5 Å². The van der Waals surface area contributed by atoms with Gasteiger partial charge in [0.25, 0.3) is 5.56 Å². The number of ketones is 1. The highest BCUT2D eigenvalue weighted by molar-refractivity contribution is 9.10. The Labute approximate surface area is 202 Å². The van der Waals surface area contributed by atoms with Crippen molar-refractivity contribution in [2.24, 2.45) is 0 Å². The fourth-order valence-electron chi connectivity index (χ4n) is 4.28. The highest BCUT2D eigenvalue weighted by atomic mass is 79.9. The van der Waals surface area contributed by atoms with Gasteiger partial charge in [-0.05, 0) is 48.2 Å². The van der Waals surface area contributed by atoms with Gasteiger partial charge in [0, 0.05) is 38.9 Å². The van der Waals surface area contributed by atoms with E-state index < -0.39 is 5.92 Å². The summed E-state index contributed by atoms with van der Waals surface area (Å²) < 4.78 is 0.944. The molecule has 0 amide bonds. The molecular formula is C24H19BrClN3O2S. The third-order valence-corrected chi connectivity index (χ3v) is 7.41. The fraction of sp³-hybridized carbons (Fsp3) is 0.208.